The Hall–Kier alpha value is -3.02. The van der Waals surface area contributed by atoms with Crippen LogP contribution in [0.3, 0.4) is 0 Å². The summed E-state index contributed by atoms with van der Waals surface area (Å²) in [5.74, 6) is 0.841. The lowest BCUT2D eigenvalue weighted by Gasteiger charge is -2.42. The van der Waals surface area contributed by atoms with Gasteiger partial charge in [-0.15, -0.1) is 0 Å². The molecule has 2 aromatic heterocycles. The molecule has 148 valence electrons. The van der Waals surface area contributed by atoms with Crippen LogP contribution in [-0.2, 0) is 11.8 Å². The maximum Gasteiger partial charge on any atom is 0.231 e. The van der Waals surface area contributed by atoms with Gasteiger partial charge in [0, 0.05) is 38.9 Å². The molecule has 1 saturated heterocycles. The van der Waals surface area contributed by atoms with Gasteiger partial charge in [0.15, 0.2) is 11.6 Å². The molecular formula is C19H24FN7O. The van der Waals surface area contributed by atoms with E-state index in [0.717, 1.165) is 5.56 Å². The Morgan fingerprint density at radius 3 is 2.71 bits per heavy atom. The van der Waals surface area contributed by atoms with Gasteiger partial charge in [0.25, 0.3) is 0 Å². The Balaban J connectivity index is 1.86. The average molecular weight is 385 g/mol. The second kappa shape index (κ2) is 7.54. The number of anilines is 1. The van der Waals surface area contributed by atoms with Crippen LogP contribution >= 0.6 is 0 Å². The summed E-state index contributed by atoms with van der Waals surface area (Å²) in [5, 5.41) is 13.6. The predicted molar refractivity (Wildman–Crippen MR) is 102 cm³/mol. The van der Waals surface area contributed by atoms with Crippen molar-refractivity contribution in [2.75, 3.05) is 31.2 Å². The van der Waals surface area contributed by atoms with E-state index in [2.05, 4.69) is 21.1 Å². The number of hydrogen-bond donors (Lipinski definition) is 0. The van der Waals surface area contributed by atoms with E-state index in [4.69, 9.17) is 0 Å². The van der Waals surface area contributed by atoms with Crippen molar-refractivity contribution < 1.29 is 9.18 Å². The molecule has 0 bridgehead atoms. The van der Waals surface area contributed by atoms with Crippen molar-refractivity contribution in [2.24, 2.45) is 12.5 Å². The lowest BCUT2D eigenvalue weighted by Crippen LogP contribution is -2.56. The smallest absolute Gasteiger partial charge is 0.231 e. The highest BCUT2D eigenvalue weighted by molar-refractivity contribution is 5.82. The first-order valence-electron chi connectivity index (χ1n) is 9.15. The molecule has 0 aliphatic carbocycles. The topological polar surface area (TPSA) is 90.9 Å². The van der Waals surface area contributed by atoms with E-state index in [1.54, 1.807) is 29.6 Å². The van der Waals surface area contributed by atoms with Crippen LogP contribution in [0.2, 0.25) is 0 Å². The van der Waals surface area contributed by atoms with Gasteiger partial charge in [0.2, 0.25) is 5.91 Å². The Kier molecular flexibility index (Phi) is 5.31. The van der Waals surface area contributed by atoms with Gasteiger partial charge >= 0.3 is 0 Å². The summed E-state index contributed by atoms with van der Waals surface area (Å²) in [6.07, 6.45) is 5.00. The van der Waals surface area contributed by atoms with E-state index < -0.39 is 12.1 Å². The molecule has 0 spiro atoms. The molecule has 9 heteroatoms. The van der Waals surface area contributed by atoms with Crippen LogP contribution in [0.25, 0.3) is 11.4 Å². The first-order chi connectivity index (χ1) is 13.3. The fourth-order valence-corrected chi connectivity index (χ4v) is 3.29. The minimum Gasteiger partial charge on any atom is -0.349 e. The van der Waals surface area contributed by atoms with Gasteiger partial charge < -0.3 is 9.80 Å². The maximum atomic E-state index is 13.2. The third-order valence-electron chi connectivity index (χ3n) is 4.95. The molecule has 0 N–H and O–H groups in total. The summed E-state index contributed by atoms with van der Waals surface area (Å²) in [7, 11) is 1.81. The lowest BCUT2D eigenvalue weighted by molar-refractivity contribution is -0.142. The number of rotatable bonds is 4. The normalized spacial score (nSPS) is 17.5. The molecule has 3 heterocycles. The number of aromatic nitrogens is 4. The van der Waals surface area contributed by atoms with Crippen LogP contribution in [0.5, 0.6) is 0 Å². The fourth-order valence-electron chi connectivity index (χ4n) is 3.29. The van der Waals surface area contributed by atoms with E-state index in [-0.39, 0.29) is 11.9 Å². The summed E-state index contributed by atoms with van der Waals surface area (Å²) >= 11 is 0. The number of amides is 1. The van der Waals surface area contributed by atoms with Crippen LogP contribution in [0.1, 0.15) is 26.3 Å². The molecule has 1 aliphatic rings. The Bertz CT molecular complexity index is 917. The number of nitrogens with zero attached hydrogens (tertiary/aromatic N) is 7. The molecule has 1 atom stereocenters. The number of carbonyl (C=O) groups excluding carboxylic acids is 1. The summed E-state index contributed by atoms with van der Waals surface area (Å²) < 4.78 is 14.9. The molecular weight excluding hydrogens is 361 g/mol. The zero-order valence-electron chi connectivity index (χ0n) is 16.6. The largest absolute Gasteiger partial charge is 0.349 e. The fraction of sp³-hybridized carbons (Fsp3) is 0.526. The summed E-state index contributed by atoms with van der Waals surface area (Å²) in [6.45, 7) is 5.90. The highest BCUT2D eigenvalue weighted by atomic mass is 19.1. The number of alkyl halides is 1. The van der Waals surface area contributed by atoms with Crippen LogP contribution in [0.4, 0.5) is 10.2 Å². The monoisotopic (exact) mass is 385 g/mol. The highest BCUT2D eigenvalue weighted by Gasteiger charge is 2.36. The SMILES string of the molecule is CC1CN(C(=O)C(C)(C)CF)CCN1c1nc(-c2cnn(C)c2)ncc1C#N. The summed E-state index contributed by atoms with van der Waals surface area (Å²) in [5.41, 5.74) is 0.116. The molecule has 1 fully saturated rings. The zero-order valence-corrected chi connectivity index (χ0v) is 16.6. The van der Waals surface area contributed by atoms with Gasteiger partial charge in [-0.2, -0.15) is 10.4 Å². The van der Waals surface area contributed by atoms with Crippen molar-refractivity contribution in [1.29, 1.82) is 5.26 Å². The first-order valence-corrected chi connectivity index (χ1v) is 9.15. The molecule has 0 saturated carbocycles. The van der Waals surface area contributed by atoms with Crippen LogP contribution in [0.15, 0.2) is 18.6 Å². The average Bonchev–Trinajstić information content (AvgIpc) is 3.13. The Morgan fingerprint density at radius 1 is 1.39 bits per heavy atom. The number of piperazine rings is 1. The second-order valence-electron chi connectivity index (χ2n) is 7.76. The second-order valence-corrected chi connectivity index (χ2v) is 7.76. The van der Waals surface area contributed by atoms with Crippen molar-refractivity contribution in [3.8, 4) is 17.5 Å². The van der Waals surface area contributed by atoms with Crippen molar-refractivity contribution in [2.45, 2.75) is 26.8 Å². The van der Waals surface area contributed by atoms with Crippen molar-refractivity contribution >= 4 is 11.7 Å². The third kappa shape index (κ3) is 3.67. The van der Waals surface area contributed by atoms with E-state index >= 15 is 0 Å². The van der Waals surface area contributed by atoms with E-state index in [1.165, 1.54) is 6.20 Å². The van der Waals surface area contributed by atoms with E-state index in [0.29, 0.717) is 36.8 Å². The number of aryl methyl sites for hydroxylation is 1. The highest BCUT2D eigenvalue weighted by Crippen LogP contribution is 2.27. The van der Waals surface area contributed by atoms with Crippen molar-refractivity contribution in [1.82, 2.24) is 24.6 Å². The summed E-state index contributed by atoms with van der Waals surface area (Å²) in [4.78, 5) is 25.2. The van der Waals surface area contributed by atoms with Gasteiger partial charge in [-0.3, -0.25) is 9.48 Å². The van der Waals surface area contributed by atoms with Crippen LogP contribution < -0.4 is 4.90 Å². The molecule has 1 aliphatic heterocycles. The van der Waals surface area contributed by atoms with Gasteiger partial charge in [-0.05, 0) is 20.8 Å². The summed E-state index contributed by atoms with van der Waals surface area (Å²) in [6, 6.07) is 2.07. The van der Waals surface area contributed by atoms with Gasteiger partial charge in [0.1, 0.15) is 18.3 Å². The number of hydrogen-bond acceptors (Lipinski definition) is 6. The van der Waals surface area contributed by atoms with E-state index in [9.17, 15) is 14.4 Å². The molecule has 1 amide bonds. The number of nitriles is 1. The minimum atomic E-state index is -1.03. The molecule has 1 unspecified atom stereocenters. The third-order valence-corrected chi connectivity index (χ3v) is 4.95. The Labute approximate surface area is 163 Å². The van der Waals surface area contributed by atoms with Crippen molar-refractivity contribution in [3.05, 3.63) is 24.2 Å². The van der Waals surface area contributed by atoms with E-state index in [1.807, 2.05) is 25.1 Å². The predicted octanol–water partition coefficient (Wildman–Crippen LogP) is 1.78. The van der Waals surface area contributed by atoms with Crippen LogP contribution in [-0.4, -0.2) is 62.9 Å². The molecule has 8 nitrogen and oxygen atoms in total. The molecule has 28 heavy (non-hydrogen) atoms. The van der Waals surface area contributed by atoms with Gasteiger partial charge in [-0.25, -0.2) is 14.4 Å². The molecule has 0 radical (unpaired) electrons. The lowest BCUT2D eigenvalue weighted by atomic mass is 9.93. The van der Waals surface area contributed by atoms with Gasteiger partial charge in [0.05, 0.1) is 23.4 Å². The molecule has 0 aromatic carbocycles. The minimum absolute atomic E-state index is 0.0724. The number of carbonyl (C=O) groups is 1. The Morgan fingerprint density at radius 2 is 2.14 bits per heavy atom. The first kappa shape index (κ1) is 19.7. The molecule has 2 aromatic rings. The van der Waals surface area contributed by atoms with Crippen molar-refractivity contribution in [3.63, 3.8) is 0 Å². The standard InChI is InChI=1S/C19H24FN7O/c1-13-10-26(18(28)19(2,3)12-20)5-6-27(13)17-14(7-21)8-22-16(24-17)15-9-23-25(4)11-15/h8-9,11,13H,5-6,10,12H2,1-4H3. The zero-order chi connectivity index (χ0) is 20.5. The molecule has 3 rings (SSSR count). The van der Waals surface area contributed by atoms with Gasteiger partial charge in [-0.1, -0.05) is 0 Å². The maximum absolute atomic E-state index is 13.2. The van der Waals surface area contributed by atoms with Crippen LogP contribution in [0, 0.1) is 16.7 Å². The number of halogens is 1. The quantitative estimate of drug-likeness (QED) is 0.797.